The lowest BCUT2D eigenvalue weighted by Gasteiger charge is -2.15. The molecule has 0 bridgehead atoms. The lowest BCUT2D eigenvalue weighted by atomic mass is 10.1. The van der Waals surface area contributed by atoms with E-state index in [2.05, 4.69) is 50.7 Å². The van der Waals surface area contributed by atoms with Crippen LogP contribution in [0.25, 0.3) is 22.3 Å². The Hall–Kier alpha value is -3.95. The molecule has 9 heteroatoms. The summed E-state index contributed by atoms with van der Waals surface area (Å²) >= 11 is 0. The molecule has 200 valence electrons. The van der Waals surface area contributed by atoms with Crippen LogP contribution in [0.2, 0.25) is 0 Å². The molecule has 0 aliphatic carbocycles. The zero-order chi connectivity index (χ0) is 26.6. The Morgan fingerprint density at radius 1 is 1.00 bits per heavy atom. The van der Waals surface area contributed by atoms with E-state index in [-0.39, 0.29) is 11.9 Å². The molecule has 1 unspecified atom stereocenters. The molecule has 4 rings (SSSR count). The van der Waals surface area contributed by atoms with Crippen molar-refractivity contribution in [1.29, 1.82) is 0 Å². The van der Waals surface area contributed by atoms with E-state index in [9.17, 15) is 4.79 Å². The topological polar surface area (TPSA) is 124 Å². The number of carbonyl (C=O) groups excluding carboxylic acids is 1. The van der Waals surface area contributed by atoms with Crippen LogP contribution in [0.1, 0.15) is 50.6 Å². The predicted molar refractivity (Wildman–Crippen MR) is 149 cm³/mol. The first-order valence-electron chi connectivity index (χ1n) is 13.2. The van der Waals surface area contributed by atoms with Crippen LogP contribution in [0.5, 0.6) is 5.75 Å². The lowest BCUT2D eigenvalue weighted by Crippen LogP contribution is -2.22. The molecule has 9 nitrogen and oxygen atoms in total. The standard InChI is InChI=1S/C29H36N6O3/c1-21(22-9-5-4-6-10-22)33-28-25-19-26(34-29(25)32-20-31-28)23-12-14-24(15-13-23)38-18-17-30-16-8-3-2-7-11-27(36)35-37/h4-6,9-10,12-15,19-21,30,37H,2-3,7-8,11,16-18H2,1H3,(H,35,36)(H2,31,32,33,34). The first-order chi connectivity index (χ1) is 18.6. The first kappa shape index (κ1) is 27.1. The number of hydrogen-bond acceptors (Lipinski definition) is 7. The third-order valence-electron chi connectivity index (χ3n) is 6.42. The van der Waals surface area contributed by atoms with Crippen LogP contribution in [-0.4, -0.2) is 45.8 Å². The number of rotatable bonds is 15. The van der Waals surface area contributed by atoms with Crippen molar-refractivity contribution in [2.45, 2.75) is 45.1 Å². The fourth-order valence-electron chi connectivity index (χ4n) is 4.28. The maximum Gasteiger partial charge on any atom is 0.243 e. The maximum absolute atomic E-state index is 11.0. The molecule has 2 aromatic heterocycles. The van der Waals surface area contributed by atoms with Crippen molar-refractivity contribution in [3.63, 3.8) is 0 Å². The molecule has 0 radical (unpaired) electrons. The number of carbonyl (C=O) groups is 1. The van der Waals surface area contributed by atoms with Crippen molar-refractivity contribution in [3.05, 3.63) is 72.6 Å². The summed E-state index contributed by atoms with van der Waals surface area (Å²) in [6, 6.07) is 20.5. The number of aromatic amines is 1. The summed E-state index contributed by atoms with van der Waals surface area (Å²) in [5.74, 6) is 1.31. The highest BCUT2D eigenvalue weighted by atomic mass is 16.5. The van der Waals surface area contributed by atoms with Gasteiger partial charge < -0.3 is 20.4 Å². The van der Waals surface area contributed by atoms with E-state index >= 15 is 0 Å². The number of ether oxygens (including phenoxy) is 1. The molecule has 2 heterocycles. The van der Waals surface area contributed by atoms with Gasteiger partial charge in [-0.1, -0.05) is 43.2 Å². The summed E-state index contributed by atoms with van der Waals surface area (Å²) in [6.45, 7) is 4.40. The second-order valence-corrected chi connectivity index (χ2v) is 9.27. The van der Waals surface area contributed by atoms with Crippen molar-refractivity contribution in [2.24, 2.45) is 0 Å². The first-order valence-corrected chi connectivity index (χ1v) is 13.2. The number of aromatic nitrogens is 3. The zero-order valence-electron chi connectivity index (χ0n) is 21.7. The minimum atomic E-state index is -0.320. The molecule has 4 aromatic rings. The van der Waals surface area contributed by atoms with Crippen molar-refractivity contribution in [3.8, 4) is 17.0 Å². The van der Waals surface area contributed by atoms with Crippen LogP contribution in [0, 0.1) is 0 Å². The summed E-state index contributed by atoms with van der Waals surface area (Å²) < 4.78 is 5.87. The van der Waals surface area contributed by atoms with Gasteiger partial charge in [0.05, 0.1) is 5.39 Å². The summed E-state index contributed by atoms with van der Waals surface area (Å²) in [7, 11) is 0. The Morgan fingerprint density at radius 2 is 1.79 bits per heavy atom. The van der Waals surface area contributed by atoms with E-state index in [1.165, 1.54) is 5.56 Å². The number of unbranched alkanes of at least 4 members (excludes halogenated alkanes) is 3. The number of hydrogen-bond donors (Lipinski definition) is 5. The molecule has 0 saturated heterocycles. The Labute approximate surface area is 223 Å². The highest BCUT2D eigenvalue weighted by Crippen LogP contribution is 2.29. The summed E-state index contributed by atoms with van der Waals surface area (Å²) in [4.78, 5) is 23.3. The van der Waals surface area contributed by atoms with Gasteiger partial charge in [0.1, 0.15) is 30.1 Å². The number of fused-ring (bicyclic) bond motifs is 1. The van der Waals surface area contributed by atoms with Crippen LogP contribution >= 0.6 is 0 Å². The molecular weight excluding hydrogens is 480 g/mol. The number of anilines is 1. The SMILES string of the molecule is CC(Nc1ncnc2[nH]c(-c3ccc(OCCNCCCCCCC(=O)NO)cc3)cc12)c1ccccc1. The largest absolute Gasteiger partial charge is 0.492 e. The van der Waals surface area contributed by atoms with Crippen LogP contribution in [0.3, 0.4) is 0 Å². The van der Waals surface area contributed by atoms with Gasteiger partial charge in [0.15, 0.2) is 0 Å². The minimum absolute atomic E-state index is 0.116. The highest BCUT2D eigenvalue weighted by Gasteiger charge is 2.12. The van der Waals surface area contributed by atoms with Crippen molar-refractivity contribution < 1.29 is 14.7 Å². The number of benzene rings is 2. The molecule has 0 aliphatic heterocycles. The van der Waals surface area contributed by atoms with E-state index in [0.717, 1.165) is 72.6 Å². The number of nitrogens with one attached hydrogen (secondary N) is 4. The number of H-pyrrole nitrogens is 1. The molecule has 2 aromatic carbocycles. The summed E-state index contributed by atoms with van der Waals surface area (Å²) in [6.07, 6.45) is 5.82. The van der Waals surface area contributed by atoms with Gasteiger partial charge in [-0.3, -0.25) is 10.0 Å². The van der Waals surface area contributed by atoms with Gasteiger partial charge in [-0.05, 0) is 67.8 Å². The average Bonchev–Trinajstić information content (AvgIpc) is 3.40. The van der Waals surface area contributed by atoms with Crippen molar-refractivity contribution >= 4 is 22.8 Å². The van der Waals surface area contributed by atoms with Gasteiger partial charge in [0.2, 0.25) is 5.91 Å². The number of nitrogens with zero attached hydrogens (tertiary/aromatic N) is 2. The van der Waals surface area contributed by atoms with Gasteiger partial charge in [0.25, 0.3) is 0 Å². The summed E-state index contributed by atoms with van der Waals surface area (Å²) in [5.41, 5.74) is 5.67. The molecule has 38 heavy (non-hydrogen) atoms. The van der Waals surface area contributed by atoms with Crippen LogP contribution in [0.15, 0.2) is 67.0 Å². The van der Waals surface area contributed by atoms with Crippen molar-refractivity contribution in [1.82, 2.24) is 25.7 Å². The minimum Gasteiger partial charge on any atom is -0.492 e. The smallest absolute Gasteiger partial charge is 0.243 e. The second-order valence-electron chi connectivity index (χ2n) is 9.27. The lowest BCUT2D eigenvalue weighted by molar-refractivity contribution is -0.129. The molecule has 0 aliphatic rings. The molecule has 1 amide bonds. The second kappa shape index (κ2) is 14.1. The Morgan fingerprint density at radius 3 is 2.58 bits per heavy atom. The third kappa shape index (κ3) is 7.77. The fraction of sp³-hybridized carbons (Fsp3) is 0.345. The number of hydroxylamine groups is 1. The van der Waals surface area contributed by atoms with E-state index < -0.39 is 0 Å². The average molecular weight is 517 g/mol. The van der Waals surface area contributed by atoms with Crippen LogP contribution in [0.4, 0.5) is 5.82 Å². The van der Waals surface area contributed by atoms with E-state index in [1.54, 1.807) is 11.8 Å². The Balaban J connectivity index is 1.22. The monoisotopic (exact) mass is 516 g/mol. The normalized spacial score (nSPS) is 11.8. The van der Waals surface area contributed by atoms with Crippen LogP contribution in [-0.2, 0) is 4.79 Å². The predicted octanol–water partition coefficient (Wildman–Crippen LogP) is 5.22. The molecular formula is C29H36N6O3. The molecule has 0 spiro atoms. The van der Waals surface area contributed by atoms with E-state index in [0.29, 0.717) is 13.0 Å². The molecule has 5 N–H and O–H groups in total. The maximum atomic E-state index is 11.0. The fourth-order valence-corrected chi connectivity index (χ4v) is 4.28. The van der Waals surface area contributed by atoms with Crippen LogP contribution < -0.4 is 20.9 Å². The third-order valence-corrected chi connectivity index (χ3v) is 6.42. The van der Waals surface area contributed by atoms with Gasteiger partial charge in [-0.2, -0.15) is 0 Å². The quantitative estimate of drug-likeness (QED) is 0.0833. The van der Waals surface area contributed by atoms with E-state index in [1.807, 2.05) is 42.5 Å². The van der Waals surface area contributed by atoms with Gasteiger partial charge in [0, 0.05) is 24.7 Å². The Kier molecular flexibility index (Phi) is 10.1. The molecule has 0 saturated carbocycles. The van der Waals surface area contributed by atoms with Gasteiger partial charge in [-0.25, -0.2) is 15.4 Å². The molecule has 0 fully saturated rings. The number of amides is 1. The summed E-state index contributed by atoms with van der Waals surface area (Å²) in [5, 5.41) is 16.3. The Bertz CT molecular complexity index is 1280. The van der Waals surface area contributed by atoms with E-state index in [4.69, 9.17) is 9.94 Å². The van der Waals surface area contributed by atoms with Gasteiger partial charge >= 0.3 is 0 Å². The highest BCUT2D eigenvalue weighted by molar-refractivity contribution is 5.91. The molecule has 1 atom stereocenters. The van der Waals surface area contributed by atoms with Crippen molar-refractivity contribution in [2.75, 3.05) is 25.0 Å². The zero-order valence-corrected chi connectivity index (χ0v) is 21.7. The van der Waals surface area contributed by atoms with Gasteiger partial charge in [-0.15, -0.1) is 0 Å².